The Kier molecular flexibility index (Phi) is 6.09. The number of hydrogen-bond donors (Lipinski definition) is 0. The van der Waals surface area contributed by atoms with Gasteiger partial charge in [0, 0.05) is 58.4 Å². The van der Waals surface area contributed by atoms with Crippen LogP contribution in [0.4, 0.5) is 0 Å². The van der Waals surface area contributed by atoms with Crippen molar-refractivity contribution in [2.45, 2.75) is 0 Å². The number of nitrogens with zero attached hydrogens (tertiary/aromatic N) is 2. The highest BCUT2D eigenvalue weighted by Gasteiger charge is 2.17. The van der Waals surface area contributed by atoms with Gasteiger partial charge in [0.15, 0.2) is 5.82 Å². The molecule has 0 fully saturated rings. The van der Waals surface area contributed by atoms with Gasteiger partial charge < -0.3 is 8.83 Å². The van der Waals surface area contributed by atoms with E-state index in [1.807, 2.05) is 41.7 Å². The average molecular weight is 671 g/mol. The van der Waals surface area contributed by atoms with E-state index in [-0.39, 0.29) is 0 Å². The lowest BCUT2D eigenvalue weighted by Gasteiger charge is -2.10. The Bertz CT molecular complexity index is 3150. The quantitative estimate of drug-likeness (QED) is 0.187. The van der Waals surface area contributed by atoms with Crippen molar-refractivity contribution in [3.8, 4) is 45.0 Å². The van der Waals surface area contributed by atoms with Gasteiger partial charge in [0.1, 0.15) is 22.3 Å². The predicted octanol–water partition coefficient (Wildman–Crippen LogP) is 13.3. The van der Waals surface area contributed by atoms with Crippen LogP contribution in [0.1, 0.15) is 0 Å². The Hall–Kier alpha value is -6.56. The van der Waals surface area contributed by atoms with Crippen LogP contribution in [0.2, 0.25) is 0 Å². The molecule has 11 aromatic rings. The maximum Gasteiger partial charge on any atom is 0.160 e. The molecule has 7 aromatic carbocycles. The molecule has 51 heavy (non-hydrogen) atoms. The fourth-order valence-electron chi connectivity index (χ4n) is 7.47. The normalized spacial score (nSPS) is 11.9. The minimum atomic E-state index is 0.641. The van der Waals surface area contributed by atoms with E-state index >= 15 is 0 Å². The standard InChI is InChI=1S/C46H26N2O2S/c1-2-9-27(10-3-1)31-13-8-15-41-45(31)36-24-28(18-21-40(36)49-41)37-26-38(29-19-22-44-35(23-29)34-12-5-7-16-43(34)51-44)48-46(47-37)30-17-20-33-32-11-4-6-14-39(32)50-42(33)25-30/h1-26H. The molecule has 4 nitrogen and oxygen atoms in total. The summed E-state index contributed by atoms with van der Waals surface area (Å²) in [5, 5.41) is 6.82. The molecule has 4 aromatic heterocycles. The lowest BCUT2D eigenvalue weighted by Crippen LogP contribution is -1.96. The fourth-order valence-corrected chi connectivity index (χ4v) is 8.55. The highest BCUT2D eigenvalue weighted by Crippen LogP contribution is 2.40. The third kappa shape index (κ3) is 4.52. The molecule has 0 aliphatic carbocycles. The van der Waals surface area contributed by atoms with E-state index < -0.39 is 0 Å². The van der Waals surface area contributed by atoms with Crippen molar-refractivity contribution in [1.82, 2.24) is 9.97 Å². The monoisotopic (exact) mass is 670 g/mol. The summed E-state index contributed by atoms with van der Waals surface area (Å²) in [6.07, 6.45) is 0. The minimum Gasteiger partial charge on any atom is -0.456 e. The van der Waals surface area contributed by atoms with E-state index in [0.29, 0.717) is 5.82 Å². The second-order valence-electron chi connectivity index (χ2n) is 12.9. The van der Waals surface area contributed by atoms with Crippen molar-refractivity contribution in [2.75, 3.05) is 0 Å². The second-order valence-corrected chi connectivity index (χ2v) is 14.0. The van der Waals surface area contributed by atoms with Gasteiger partial charge in [0.25, 0.3) is 0 Å². The first-order chi connectivity index (χ1) is 25.2. The highest BCUT2D eigenvalue weighted by molar-refractivity contribution is 7.25. The summed E-state index contributed by atoms with van der Waals surface area (Å²) in [5.74, 6) is 0.641. The summed E-state index contributed by atoms with van der Waals surface area (Å²) in [4.78, 5) is 10.5. The van der Waals surface area contributed by atoms with Gasteiger partial charge in [-0.25, -0.2) is 9.97 Å². The van der Waals surface area contributed by atoms with Gasteiger partial charge in [0.2, 0.25) is 0 Å². The maximum atomic E-state index is 6.38. The lowest BCUT2D eigenvalue weighted by atomic mass is 9.98. The number of benzene rings is 7. The van der Waals surface area contributed by atoms with E-state index in [1.165, 1.54) is 20.2 Å². The molecule has 0 aliphatic heterocycles. The molecule has 11 rings (SSSR count). The van der Waals surface area contributed by atoms with Gasteiger partial charge in [-0.2, -0.15) is 0 Å². The van der Waals surface area contributed by atoms with Crippen molar-refractivity contribution in [3.05, 3.63) is 158 Å². The molecule has 0 amide bonds. The molecular weight excluding hydrogens is 645 g/mol. The molecule has 238 valence electrons. The molecule has 5 heteroatoms. The zero-order valence-electron chi connectivity index (χ0n) is 27.1. The average Bonchev–Trinajstić information content (AvgIpc) is 3.88. The molecule has 0 unspecified atom stereocenters. The van der Waals surface area contributed by atoms with Crippen LogP contribution in [0.3, 0.4) is 0 Å². The van der Waals surface area contributed by atoms with Crippen molar-refractivity contribution in [2.24, 2.45) is 0 Å². The van der Waals surface area contributed by atoms with Gasteiger partial charge in [0.05, 0.1) is 11.4 Å². The summed E-state index contributed by atoms with van der Waals surface area (Å²) in [5.41, 5.74) is 10.3. The molecule has 0 atom stereocenters. The highest BCUT2D eigenvalue weighted by atomic mass is 32.1. The van der Waals surface area contributed by atoms with Crippen molar-refractivity contribution in [1.29, 1.82) is 0 Å². The first kappa shape index (κ1) is 28.3. The zero-order chi connectivity index (χ0) is 33.5. The van der Waals surface area contributed by atoms with Crippen LogP contribution >= 0.6 is 11.3 Å². The summed E-state index contributed by atoms with van der Waals surface area (Å²) in [7, 11) is 0. The summed E-state index contributed by atoms with van der Waals surface area (Å²) >= 11 is 1.82. The van der Waals surface area contributed by atoms with Crippen LogP contribution in [0.25, 0.3) is 109 Å². The third-order valence-corrected chi connectivity index (χ3v) is 11.1. The fraction of sp³-hybridized carbons (Fsp3) is 0. The first-order valence-electron chi connectivity index (χ1n) is 17.0. The van der Waals surface area contributed by atoms with Crippen LogP contribution in [-0.4, -0.2) is 9.97 Å². The Labute approximate surface area is 295 Å². The lowest BCUT2D eigenvalue weighted by molar-refractivity contribution is 0.668. The number of rotatable bonds is 4. The van der Waals surface area contributed by atoms with Gasteiger partial charge in [-0.3, -0.25) is 0 Å². The largest absolute Gasteiger partial charge is 0.456 e. The predicted molar refractivity (Wildman–Crippen MR) is 211 cm³/mol. The second kappa shape index (κ2) is 11.0. The van der Waals surface area contributed by atoms with E-state index in [0.717, 1.165) is 83.1 Å². The van der Waals surface area contributed by atoms with E-state index in [9.17, 15) is 0 Å². The van der Waals surface area contributed by atoms with Crippen LogP contribution < -0.4 is 0 Å². The zero-order valence-corrected chi connectivity index (χ0v) is 27.9. The topological polar surface area (TPSA) is 52.1 Å². The smallest absolute Gasteiger partial charge is 0.160 e. The summed E-state index contributed by atoms with van der Waals surface area (Å²) < 4.78 is 15.2. The van der Waals surface area contributed by atoms with Gasteiger partial charge in [-0.1, -0.05) is 91.0 Å². The maximum absolute atomic E-state index is 6.38. The molecule has 0 spiro atoms. The molecule has 0 N–H and O–H groups in total. The molecule has 0 bridgehead atoms. The van der Waals surface area contributed by atoms with Crippen LogP contribution in [0.5, 0.6) is 0 Å². The number of para-hydroxylation sites is 1. The molecule has 0 saturated heterocycles. The van der Waals surface area contributed by atoms with E-state index in [2.05, 4.69) is 127 Å². The number of hydrogen-bond acceptors (Lipinski definition) is 5. The molecule has 0 radical (unpaired) electrons. The van der Waals surface area contributed by atoms with Gasteiger partial charge in [-0.05, 0) is 77.9 Å². The molecule has 4 heterocycles. The van der Waals surface area contributed by atoms with Gasteiger partial charge in [-0.15, -0.1) is 11.3 Å². The van der Waals surface area contributed by atoms with Crippen molar-refractivity contribution >= 4 is 75.4 Å². The van der Waals surface area contributed by atoms with Crippen molar-refractivity contribution in [3.63, 3.8) is 0 Å². The number of furan rings is 2. The van der Waals surface area contributed by atoms with Crippen LogP contribution in [0.15, 0.2) is 167 Å². The van der Waals surface area contributed by atoms with Crippen LogP contribution in [0, 0.1) is 0 Å². The van der Waals surface area contributed by atoms with Gasteiger partial charge >= 0.3 is 0 Å². The number of aromatic nitrogens is 2. The Balaban J connectivity index is 1.13. The first-order valence-corrected chi connectivity index (χ1v) is 17.8. The summed E-state index contributed by atoms with van der Waals surface area (Å²) in [6.45, 7) is 0. The number of thiophene rings is 1. The van der Waals surface area contributed by atoms with E-state index in [4.69, 9.17) is 18.8 Å². The third-order valence-electron chi connectivity index (χ3n) is 9.91. The Morgan fingerprint density at radius 3 is 1.90 bits per heavy atom. The molecular formula is C46H26N2O2S. The van der Waals surface area contributed by atoms with Crippen molar-refractivity contribution < 1.29 is 8.83 Å². The number of fused-ring (bicyclic) bond motifs is 9. The van der Waals surface area contributed by atoms with E-state index in [1.54, 1.807) is 0 Å². The summed E-state index contributed by atoms with van der Waals surface area (Å²) in [6, 6.07) is 54.9. The molecule has 0 saturated carbocycles. The minimum absolute atomic E-state index is 0.641. The Morgan fingerprint density at radius 2 is 1.02 bits per heavy atom. The Morgan fingerprint density at radius 1 is 0.373 bits per heavy atom. The van der Waals surface area contributed by atoms with Crippen LogP contribution in [-0.2, 0) is 0 Å². The molecule has 0 aliphatic rings. The SMILES string of the molecule is c1ccc(-c2cccc3oc4ccc(-c5cc(-c6ccc7sc8ccccc8c7c6)nc(-c6ccc7c(c6)oc6ccccc67)n5)cc4c23)cc1.